The highest BCUT2D eigenvalue weighted by Crippen LogP contribution is 2.19. The highest BCUT2D eigenvalue weighted by atomic mass is 32.1. The van der Waals surface area contributed by atoms with E-state index >= 15 is 0 Å². The molecule has 1 fully saturated rings. The van der Waals surface area contributed by atoms with E-state index in [2.05, 4.69) is 48.3 Å². The van der Waals surface area contributed by atoms with Crippen molar-refractivity contribution in [1.82, 2.24) is 4.90 Å². The Labute approximate surface area is 127 Å². The van der Waals surface area contributed by atoms with Crippen molar-refractivity contribution in [2.45, 2.75) is 32.6 Å². The summed E-state index contributed by atoms with van der Waals surface area (Å²) in [6.45, 7) is 6.46. The van der Waals surface area contributed by atoms with Crippen molar-refractivity contribution in [3.05, 3.63) is 29.8 Å². The van der Waals surface area contributed by atoms with Gasteiger partial charge in [-0.1, -0.05) is 26.0 Å². The molecule has 0 unspecified atom stereocenters. The predicted octanol–water partition coefficient (Wildman–Crippen LogP) is 3.21. The fourth-order valence-corrected chi connectivity index (χ4v) is 2.84. The summed E-state index contributed by atoms with van der Waals surface area (Å²) in [7, 11) is 0. The van der Waals surface area contributed by atoms with Crippen molar-refractivity contribution in [3.8, 4) is 0 Å². The molecule has 1 atom stereocenters. The smallest absolute Gasteiger partial charge is 0.173 e. The van der Waals surface area contributed by atoms with Crippen LogP contribution in [-0.4, -0.2) is 34.8 Å². The predicted molar refractivity (Wildman–Crippen MR) is 88.1 cm³/mol. The van der Waals surface area contributed by atoms with Crippen LogP contribution < -0.4 is 5.32 Å². The molecule has 0 bridgehead atoms. The molecular weight excluding hydrogens is 268 g/mol. The van der Waals surface area contributed by atoms with E-state index in [9.17, 15) is 5.11 Å². The molecule has 110 valence electrons. The molecule has 1 aromatic rings. The maximum absolute atomic E-state index is 9.27. The monoisotopic (exact) mass is 292 g/mol. The molecule has 1 saturated heterocycles. The van der Waals surface area contributed by atoms with E-state index in [1.54, 1.807) is 0 Å². The number of piperidine rings is 1. The highest BCUT2D eigenvalue weighted by molar-refractivity contribution is 7.80. The number of hydrogen-bond donors (Lipinski definition) is 2. The van der Waals surface area contributed by atoms with Gasteiger partial charge in [0, 0.05) is 25.4 Å². The second-order valence-electron chi connectivity index (χ2n) is 5.84. The lowest BCUT2D eigenvalue weighted by Crippen LogP contribution is -2.43. The number of hydrogen-bond acceptors (Lipinski definition) is 2. The molecule has 1 aliphatic heterocycles. The Kier molecular flexibility index (Phi) is 5.38. The summed E-state index contributed by atoms with van der Waals surface area (Å²) in [5.74, 6) is 0.898. The SMILES string of the molecule is CC(C)c1ccc(NC(=S)N2CCC[C@H](CO)C2)cc1. The number of benzene rings is 1. The van der Waals surface area contributed by atoms with Crippen molar-refractivity contribution in [2.75, 3.05) is 25.0 Å². The zero-order chi connectivity index (χ0) is 14.5. The molecule has 1 heterocycles. The quantitative estimate of drug-likeness (QED) is 0.839. The molecule has 1 aliphatic rings. The minimum absolute atomic E-state index is 0.252. The fourth-order valence-electron chi connectivity index (χ4n) is 2.55. The van der Waals surface area contributed by atoms with Crippen LogP contribution in [0.2, 0.25) is 0 Å². The zero-order valence-corrected chi connectivity index (χ0v) is 13.1. The lowest BCUT2D eigenvalue weighted by atomic mass is 9.99. The summed E-state index contributed by atoms with van der Waals surface area (Å²) >= 11 is 5.47. The number of aliphatic hydroxyl groups is 1. The van der Waals surface area contributed by atoms with E-state index in [0.29, 0.717) is 11.8 Å². The third-order valence-electron chi connectivity index (χ3n) is 3.89. The molecule has 0 aliphatic carbocycles. The van der Waals surface area contributed by atoms with Crippen LogP contribution in [0.25, 0.3) is 0 Å². The molecule has 0 aromatic heterocycles. The zero-order valence-electron chi connectivity index (χ0n) is 12.3. The average molecular weight is 292 g/mol. The lowest BCUT2D eigenvalue weighted by molar-refractivity contribution is 0.162. The first-order chi connectivity index (χ1) is 9.60. The van der Waals surface area contributed by atoms with E-state index in [1.165, 1.54) is 5.56 Å². The van der Waals surface area contributed by atoms with Gasteiger partial charge < -0.3 is 15.3 Å². The second-order valence-corrected chi connectivity index (χ2v) is 6.23. The summed E-state index contributed by atoms with van der Waals surface area (Å²) in [4.78, 5) is 2.16. The molecule has 3 nitrogen and oxygen atoms in total. The molecule has 0 radical (unpaired) electrons. The van der Waals surface area contributed by atoms with Crippen molar-refractivity contribution >= 4 is 23.0 Å². The van der Waals surface area contributed by atoms with Gasteiger partial charge in [-0.05, 0) is 54.6 Å². The van der Waals surface area contributed by atoms with E-state index in [1.807, 2.05) is 0 Å². The Morgan fingerprint density at radius 2 is 2.10 bits per heavy atom. The summed E-state index contributed by atoms with van der Waals surface area (Å²) < 4.78 is 0. The van der Waals surface area contributed by atoms with Crippen molar-refractivity contribution < 1.29 is 5.11 Å². The van der Waals surface area contributed by atoms with Gasteiger partial charge in [-0.15, -0.1) is 0 Å². The molecule has 0 spiro atoms. The van der Waals surface area contributed by atoms with Crippen LogP contribution in [0.15, 0.2) is 24.3 Å². The topological polar surface area (TPSA) is 35.5 Å². The number of thiocarbonyl (C=S) groups is 1. The Morgan fingerprint density at radius 3 is 2.70 bits per heavy atom. The van der Waals surface area contributed by atoms with Gasteiger partial charge in [0.05, 0.1) is 0 Å². The van der Waals surface area contributed by atoms with Crippen LogP contribution in [0.4, 0.5) is 5.69 Å². The van der Waals surface area contributed by atoms with Gasteiger partial charge in [0.15, 0.2) is 5.11 Å². The maximum Gasteiger partial charge on any atom is 0.173 e. The van der Waals surface area contributed by atoms with Gasteiger partial charge in [0.1, 0.15) is 0 Å². The molecule has 0 amide bonds. The summed E-state index contributed by atoms with van der Waals surface area (Å²) in [6, 6.07) is 8.44. The third-order valence-corrected chi connectivity index (χ3v) is 4.25. The number of nitrogens with one attached hydrogen (secondary N) is 1. The molecule has 0 saturated carbocycles. The molecular formula is C16H24N2OS. The first kappa shape index (κ1) is 15.3. The number of rotatable bonds is 3. The minimum Gasteiger partial charge on any atom is -0.396 e. The van der Waals surface area contributed by atoms with E-state index in [0.717, 1.165) is 36.7 Å². The standard InChI is InChI=1S/C16H24N2OS/c1-12(2)14-5-7-15(8-6-14)17-16(20)18-9-3-4-13(10-18)11-19/h5-8,12-13,19H,3-4,9-11H2,1-2H3,(H,17,20)/t13-/m0/s1. The first-order valence-corrected chi connectivity index (χ1v) is 7.77. The highest BCUT2D eigenvalue weighted by Gasteiger charge is 2.20. The van der Waals surface area contributed by atoms with Crippen LogP contribution in [0.1, 0.15) is 38.2 Å². The van der Waals surface area contributed by atoms with E-state index in [-0.39, 0.29) is 6.61 Å². The molecule has 4 heteroatoms. The van der Waals surface area contributed by atoms with Gasteiger partial charge in [-0.2, -0.15) is 0 Å². The van der Waals surface area contributed by atoms with Crippen LogP contribution in [0.5, 0.6) is 0 Å². The summed E-state index contributed by atoms with van der Waals surface area (Å²) in [5, 5.41) is 13.3. The van der Waals surface area contributed by atoms with Crippen molar-refractivity contribution in [3.63, 3.8) is 0 Å². The summed E-state index contributed by atoms with van der Waals surface area (Å²) in [6.07, 6.45) is 2.19. The van der Waals surface area contributed by atoms with Gasteiger partial charge in [0.2, 0.25) is 0 Å². The normalized spacial score (nSPS) is 19.2. The van der Waals surface area contributed by atoms with Crippen molar-refractivity contribution in [1.29, 1.82) is 0 Å². The van der Waals surface area contributed by atoms with Crippen LogP contribution in [-0.2, 0) is 0 Å². The number of nitrogens with zero attached hydrogens (tertiary/aromatic N) is 1. The molecule has 1 aromatic carbocycles. The Bertz CT molecular complexity index is 444. The van der Waals surface area contributed by atoms with E-state index in [4.69, 9.17) is 12.2 Å². The molecule has 2 rings (SSSR count). The van der Waals surface area contributed by atoms with Crippen LogP contribution in [0, 0.1) is 5.92 Å². The number of anilines is 1. The van der Waals surface area contributed by atoms with Crippen LogP contribution in [0.3, 0.4) is 0 Å². The first-order valence-electron chi connectivity index (χ1n) is 7.37. The second kappa shape index (κ2) is 7.04. The van der Waals surface area contributed by atoms with E-state index < -0.39 is 0 Å². The Morgan fingerprint density at radius 1 is 1.40 bits per heavy atom. The van der Waals surface area contributed by atoms with Crippen LogP contribution >= 0.6 is 12.2 Å². The van der Waals surface area contributed by atoms with Gasteiger partial charge in [-0.3, -0.25) is 0 Å². The number of likely N-dealkylation sites (tertiary alicyclic amines) is 1. The minimum atomic E-state index is 0.252. The van der Waals surface area contributed by atoms with Gasteiger partial charge >= 0.3 is 0 Å². The lowest BCUT2D eigenvalue weighted by Gasteiger charge is -2.33. The van der Waals surface area contributed by atoms with Crippen molar-refractivity contribution in [2.24, 2.45) is 5.92 Å². The average Bonchev–Trinajstić information content (AvgIpc) is 2.47. The number of aliphatic hydroxyl groups excluding tert-OH is 1. The third kappa shape index (κ3) is 3.93. The Hall–Kier alpha value is -1.13. The summed E-state index contributed by atoms with van der Waals surface area (Å²) in [5.41, 5.74) is 2.37. The van der Waals surface area contributed by atoms with Gasteiger partial charge in [-0.25, -0.2) is 0 Å². The maximum atomic E-state index is 9.27. The fraction of sp³-hybridized carbons (Fsp3) is 0.562. The largest absolute Gasteiger partial charge is 0.396 e. The Balaban J connectivity index is 1.93. The molecule has 2 N–H and O–H groups in total. The van der Waals surface area contributed by atoms with Gasteiger partial charge in [0.25, 0.3) is 0 Å². The molecule has 20 heavy (non-hydrogen) atoms.